The number of allylic oxidation sites excluding steroid dienone is 1. The van der Waals surface area contributed by atoms with Gasteiger partial charge in [0.1, 0.15) is 48.8 Å². The zero-order valence-electron chi connectivity index (χ0n) is 40.0. The second kappa shape index (κ2) is 37.7. The van der Waals surface area contributed by atoms with E-state index in [1.807, 2.05) is 6.08 Å². The maximum absolute atomic E-state index is 13.1. The van der Waals surface area contributed by atoms with Gasteiger partial charge in [-0.05, 0) is 19.3 Å². The van der Waals surface area contributed by atoms with E-state index in [1.54, 1.807) is 6.08 Å². The van der Waals surface area contributed by atoms with E-state index in [-0.39, 0.29) is 18.9 Å². The number of nitrogens with one attached hydrogen (secondary N) is 1. The molecule has 9 N–H and O–H groups in total. The van der Waals surface area contributed by atoms with Crippen molar-refractivity contribution in [2.75, 3.05) is 19.8 Å². The lowest BCUT2D eigenvalue weighted by Crippen LogP contribution is -2.65. The molecule has 2 fully saturated rings. The third-order valence-electron chi connectivity index (χ3n) is 13.0. The third-order valence-corrected chi connectivity index (χ3v) is 13.0. The van der Waals surface area contributed by atoms with Crippen LogP contribution in [0.5, 0.6) is 0 Å². The molecule has 12 atom stereocenters. The molecule has 2 rings (SSSR count). The van der Waals surface area contributed by atoms with Gasteiger partial charge in [-0.1, -0.05) is 193 Å². The minimum atomic E-state index is -1.78. The largest absolute Gasteiger partial charge is 0.394 e. The number of ether oxygens (including phenoxy) is 4. The summed E-state index contributed by atoms with van der Waals surface area (Å²) in [7, 11) is 0. The fraction of sp³-hybridized carbons (Fsp3) is 0.940. The molecule has 0 saturated carbocycles. The first kappa shape index (κ1) is 58.9. The summed E-state index contributed by atoms with van der Waals surface area (Å²) in [5.74, 6) is -0.240. The molecule has 2 aliphatic heterocycles. The van der Waals surface area contributed by atoms with Crippen molar-refractivity contribution < 1.29 is 64.6 Å². The number of carbonyl (C=O) groups is 1. The van der Waals surface area contributed by atoms with Crippen LogP contribution in [-0.2, 0) is 23.7 Å². The maximum Gasteiger partial charge on any atom is 0.220 e. The van der Waals surface area contributed by atoms with E-state index in [9.17, 15) is 45.6 Å². The van der Waals surface area contributed by atoms with E-state index < -0.39 is 86.8 Å². The number of unbranched alkanes of at least 4 members (excludes halogenated alkanes) is 27. The molecule has 14 heteroatoms. The molecule has 12 unspecified atom stereocenters. The molecule has 64 heavy (non-hydrogen) atoms. The van der Waals surface area contributed by atoms with Crippen LogP contribution in [0.1, 0.15) is 206 Å². The Morgan fingerprint density at radius 2 is 0.969 bits per heavy atom. The molecule has 0 aliphatic carbocycles. The van der Waals surface area contributed by atoms with Crippen molar-refractivity contribution in [1.82, 2.24) is 5.32 Å². The number of aliphatic hydroxyl groups is 8. The first-order chi connectivity index (χ1) is 31.1. The number of rotatable bonds is 40. The lowest BCUT2D eigenvalue weighted by Gasteiger charge is -2.46. The van der Waals surface area contributed by atoms with E-state index in [0.717, 1.165) is 38.5 Å². The second-order valence-electron chi connectivity index (χ2n) is 18.7. The van der Waals surface area contributed by atoms with Crippen LogP contribution in [0, 0.1) is 0 Å². The molecule has 0 radical (unpaired) electrons. The summed E-state index contributed by atoms with van der Waals surface area (Å²) in [6.45, 7) is 2.78. The molecule has 2 heterocycles. The van der Waals surface area contributed by atoms with Crippen LogP contribution in [-0.4, -0.2) is 140 Å². The molecule has 2 saturated heterocycles. The van der Waals surface area contributed by atoms with Crippen molar-refractivity contribution in [1.29, 1.82) is 0 Å². The van der Waals surface area contributed by atoms with Gasteiger partial charge in [-0.2, -0.15) is 0 Å². The van der Waals surface area contributed by atoms with Crippen LogP contribution in [0.3, 0.4) is 0 Å². The number of aliphatic hydroxyl groups excluding tert-OH is 8. The fourth-order valence-electron chi connectivity index (χ4n) is 8.70. The van der Waals surface area contributed by atoms with E-state index in [4.69, 9.17) is 18.9 Å². The topological polar surface area (TPSA) is 228 Å². The van der Waals surface area contributed by atoms with E-state index in [0.29, 0.717) is 6.42 Å². The average molecular weight is 918 g/mol. The molecule has 0 aromatic rings. The van der Waals surface area contributed by atoms with Crippen LogP contribution < -0.4 is 5.32 Å². The minimum Gasteiger partial charge on any atom is -0.394 e. The Morgan fingerprint density at radius 3 is 1.44 bits per heavy atom. The van der Waals surface area contributed by atoms with Crippen molar-refractivity contribution in [3.8, 4) is 0 Å². The Morgan fingerprint density at radius 1 is 0.547 bits per heavy atom. The van der Waals surface area contributed by atoms with Crippen LogP contribution in [0.4, 0.5) is 0 Å². The predicted molar refractivity (Wildman–Crippen MR) is 249 cm³/mol. The highest BCUT2D eigenvalue weighted by Gasteiger charge is 2.51. The first-order valence-corrected chi connectivity index (χ1v) is 25.9. The van der Waals surface area contributed by atoms with Crippen molar-refractivity contribution in [3.63, 3.8) is 0 Å². The maximum atomic E-state index is 13.1. The normalized spacial score (nSPS) is 27.3. The molecule has 14 nitrogen and oxygen atoms in total. The summed E-state index contributed by atoms with van der Waals surface area (Å²) in [6, 6.07) is -0.907. The van der Waals surface area contributed by atoms with Gasteiger partial charge in [0.2, 0.25) is 5.91 Å². The van der Waals surface area contributed by atoms with E-state index in [2.05, 4.69) is 19.2 Å². The summed E-state index contributed by atoms with van der Waals surface area (Å²) in [5.41, 5.74) is 0. The molecule has 0 aromatic heterocycles. The number of hydrogen-bond donors (Lipinski definition) is 9. The second-order valence-corrected chi connectivity index (χ2v) is 18.7. The van der Waals surface area contributed by atoms with Crippen LogP contribution >= 0.6 is 0 Å². The van der Waals surface area contributed by atoms with Crippen molar-refractivity contribution in [2.24, 2.45) is 0 Å². The summed E-state index contributed by atoms with van der Waals surface area (Å²) in [6.07, 6.45) is 22.6. The third kappa shape index (κ3) is 24.7. The average Bonchev–Trinajstić information content (AvgIpc) is 3.29. The van der Waals surface area contributed by atoms with Gasteiger partial charge in [-0.15, -0.1) is 0 Å². The standard InChI is InChI=1S/C50H95NO13/c1-3-5-7-9-11-13-15-16-17-18-19-20-21-22-23-24-25-27-29-31-33-39(54)38(51-42(55)34-32-30-28-26-14-12-10-8-6-4-2)37-61-49-47(60)45(58)48(41(36-53)63-49)64-50-46(59)44(57)43(56)40(35-52)62-50/h31,33,38-41,43-50,52-54,56-60H,3-30,32,34-37H2,1-2H3,(H,51,55)/b33-31+. The summed E-state index contributed by atoms with van der Waals surface area (Å²) >= 11 is 0. The van der Waals surface area contributed by atoms with Crippen molar-refractivity contribution in [2.45, 2.75) is 280 Å². The van der Waals surface area contributed by atoms with Crippen LogP contribution in [0.25, 0.3) is 0 Å². The molecule has 378 valence electrons. The van der Waals surface area contributed by atoms with Gasteiger partial charge in [-0.25, -0.2) is 0 Å². The Bertz CT molecular complexity index is 1130. The number of carbonyl (C=O) groups excluding carboxylic acids is 1. The molecule has 1 amide bonds. The highest BCUT2D eigenvalue weighted by Crippen LogP contribution is 2.30. The Labute approximate surface area is 386 Å². The number of hydrogen-bond acceptors (Lipinski definition) is 13. The Balaban J connectivity index is 1.81. The van der Waals surface area contributed by atoms with Gasteiger partial charge >= 0.3 is 0 Å². The van der Waals surface area contributed by atoms with Gasteiger partial charge in [0.15, 0.2) is 12.6 Å². The predicted octanol–water partition coefficient (Wildman–Crippen LogP) is 6.77. The van der Waals surface area contributed by atoms with E-state index in [1.165, 1.54) is 141 Å². The van der Waals surface area contributed by atoms with Crippen LogP contribution in [0.15, 0.2) is 12.2 Å². The summed E-state index contributed by atoms with van der Waals surface area (Å²) < 4.78 is 22.7. The zero-order valence-corrected chi connectivity index (χ0v) is 40.0. The van der Waals surface area contributed by atoms with Gasteiger partial charge in [0, 0.05) is 6.42 Å². The van der Waals surface area contributed by atoms with Gasteiger partial charge in [-0.3, -0.25) is 4.79 Å². The van der Waals surface area contributed by atoms with Gasteiger partial charge in [0.25, 0.3) is 0 Å². The Hall–Kier alpha value is -1.27. The SMILES string of the molecule is CCCCCCCCCCCCCCCCCCCC/C=C/C(O)C(COC1OC(CO)C(OC2OC(CO)C(O)C(O)C2O)C(O)C1O)NC(=O)CCCCCCCCCCCC. The lowest BCUT2D eigenvalue weighted by atomic mass is 9.97. The first-order valence-electron chi connectivity index (χ1n) is 25.9. The van der Waals surface area contributed by atoms with Gasteiger partial charge in [0.05, 0.1) is 32.0 Å². The lowest BCUT2D eigenvalue weighted by molar-refractivity contribution is -0.359. The molecular formula is C50H95NO13. The molecule has 0 spiro atoms. The summed E-state index contributed by atoms with van der Waals surface area (Å²) in [5, 5.41) is 86.7. The fourth-order valence-corrected chi connectivity index (χ4v) is 8.70. The molecule has 0 aromatic carbocycles. The molecular weight excluding hydrogens is 823 g/mol. The minimum absolute atomic E-state index is 0.240. The zero-order chi connectivity index (χ0) is 46.8. The summed E-state index contributed by atoms with van der Waals surface area (Å²) in [4.78, 5) is 13.1. The van der Waals surface area contributed by atoms with Crippen molar-refractivity contribution in [3.05, 3.63) is 12.2 Å². The Kier molecular flexibility index (Phi) is 34.7. The molecule has 0 bridgehead atoms. The van der Waals surface area contributed by atoms with E-state index >= 15 is 0 Å². The van der Waals surface area contributed by atoms with Crippen LogP contribution in [0.2, 0.25) is 0 Å². The van der Waals surface area contributed by atoms with Gasteiger partial charge < -0.3 is 65.1 Å². The van der Waals surface area contributed by atoms with Crippen molar-refractivity contribution >= 4 is 5.91 Å². The highest BCUT2D eigenvalue weighted by molar-refractivity contribution is 5.76. The molecule has 2 aliphatic rings. The monoisotopic (exact) mass is 918 g/mol. The highest BCUT2D eigenvalue weighted by atomic mass is 16.7. The smallest absolute Gasteiger partial charge is 0.220 e. The quantitative estimate of drug-likeness (QED) is 0.0229. The number of amides is 1.